The quantitative estimate of drug-likeness (QED) is 0.783. The number of nitrogens with one attached hydrogen (secondary N) is 2. The molecule has 2 amide bonds. The van der Waals surface area contributed by atoms with Crippen molar-refractivity contribution >= 4 is 12.0 Å². The second kappa shape index (κ2) is 6.97. The second-order valence-corrected chi connectivity index (χ2v) is 6.86. The summed E-state index contributed by atoms with van der Waals surface area (Å²) in [4.78, 5) is 22.8. The van der Waals surface area contributed by atoms with Gasteiger partial charge in [0.15, 0.2) is 0 Å². The predicted molar refractivity (Wildman–Crippen MR) is 95.6 cm³/mol. The van der Waals surface area contributed by atoms with Gasteiger partial charge < -0.3 is 15.7 Å². The van der Waals surface area contributed by atoms with E-state index in [0.717, 1.165) is 18.4 Å². The molecule has 130 valence electrons. The van der Waals surface area contributed by atoms with E-state index in [1.54, 1.807) is 12.1 Å². The van der Waals surface area contributed by atoms with E-state index in [4.69, 9.17) is 5.11 Å². The topological polar surface area (TPSA) is 78.4 Å². The van der Waals surface area contributed by atoms with Crippen molar-refractivity contribution in [1.29, 1.82) is 0 Å². The molecule has 0 heterocycles. The van der Waals surface area contributed by atoms with Crippen LogP contribution in [0.15, 0.2) is 54.6 Å². The molecule has 0 unspecified atom stereocenters. The smallest absolute Gasteiger partial charge is 0.335 e. The molecule has 2 aromatic rings. The maximum absolute atomic E-state index is 12.0. The van der Waals surface area contributed by atoms with Crippen LogP contribution in [0, 0.1) is 0 Å². The first kappa shape index (κ1) is 17.0. The van der Waals surface area contributed by atoms with E-state index < -0.39 is 5.97 Å². The number of rotatable bonds is 5. The van der Waals surface area contributed by atoms with Gasteiger partial charge in [0.05, 0.1) is 5.56 Å². The van der Waals surface area contributed by atoms with Crippen LogP contribution in [0.25, 0.3) is 0 Å². The van der Waals surface area contributed by atoms with Crippen molar-refractivity contribution in [3.63, 3.8) is 0 Å². The van der Waals surface area contributed by atoms with Gasteiger partial charge >= 0.3 is 12.0 Å². The number of aromatic carboxylic acids is 1. The van der Waals surface area contributed by atoms with Gasteiger partial charge in [-0.3, -0.25) is 0 Å². The molecule has 0 saturated heterocycles. The van der Waals surface area contributed by atoms with Crippen LogP contribution in [0.3, 0.4) is 0 Å². The number of urea groups is 1. The van der Waals surface area contributed by atoms with Crippen molar-refractivity contribution in [2.75, 3.05) is 0 Å². The SMILES string of the molecule is CC1(c2ccccc2)CC(NC(=O)NCc2ccc(C(=O)O)cc2)C1. The lowest BCUT2D eigenvalue weighted by Gasteiger charge is -2.46. The third-order valence-corrected chi connectivity index (χ3v) is 4.85. The van der Waals surface area contributed by atoms with E-state index in [0.29, 0.717) is 6.54 Å². The van der Waals surface area contributed by atoms with Crippen LogP contribution in [0.2, 0.25) is 0 Å². The fourth-order valence-electron chi connectivity index (χ4n) is 3.39. The van der Waals surface area contributed by atoms with Crippen LogP contribution in [0.4, 0.5) is 4.79 Å². The van der Waals surface area contributed by atoms with Gasteiger partial charge in [-0.2, -0.15) is 0 Å². The maximum atomic E-state index is 12.0. The third kappa shape index (κ3) is 3.99. The van der Waals surface area contributed by atoms with Crippen LogP contribution in [0.1, 0.15) is 41.3 Å². The van der Waals surface area contributed by atoms with E-state index in [-0.39, 0.29) is 23.1 Å². The Hall–Kier alpha value is -2.82. The van der Waals surface area contributed by atoms with E-state index in [2.05, 4.69) is 29.7 Å². The van der Waals surface area contributed by atoms with Crippen molar-refractivity contribution in [3.8, 4) is 0 Å². The predicted octanol–water partition coefficient (Wildman–Crippen LogP) is 3.30. The summed E-state index contributed by atoms with van der Waals surface area (Å²) in [5.41, 5.74) is 2.55. The van der Waals surface area contributed by atoms with E-state index in [1.165, 1.54) is 17.7 Å². The van der Waals surface area contributed by atoms with Crippen LogP contribution < -0.4 is 10.6 Å². The highest BCUT2D eigenvalue weighted by atomic mass is 16.4. The summed E-state index contributed by atoms with van der Waals surface area (Å²) in [7, 11) is 0. The summed E-state index contributed by atoms with van der Waals surface area (Å²) in [5, 5.41) is 14.7. The molecule has 5 heteroatoms. The van der Waals surface area contributed by atoms with Gasteiger partial charge in [0, 0.05) is 12.6 Å². The van der Waals surface area contributed by atoms with Crippen LogP contribution >= 0.6 is 0 Å². The monoisotopic (exact) mass is 338 g/mol. The largest absolute Gasteiger partial charge is 0.478 e. The molecule has 3 N–H and O–H groups in total. The third-order valence-electron chi connectivity index (χ3n) is 4.85. The van der Waals surface area contributed by atoms with Crippen LogP contribution in [-0.2, 0) is 12.0 Å². The molecule has 25 heavy (non-hydrogen) atoms. The number of carboxylic acids is 1. The fourth-order valence-corrected chi connectivity index (χ4v) is 3.39. The highest BCUT2D eigenvalue weighted by molar-refractivity contribution is 5.87. The molecule has 0 aromatic heterocycles. The molecule has 5 nitrogen and oxygen atoms in total. The molecule has 1 saturated carbocycles. The minimum atomic E-state index is -0.955. The van der Waals surface area contributed by atoms with Gasteiger partial charge in [0.2, 0.25) is 0 Å². The molecule has 1 aliphatic rings. The number of carbonyl (C=O) groups is 2. The molecule has 0 radical (unpaired) electrons. The van der Waals surface area contributed by atoms with Gasteiger partial charge in [-0.05, 0) is 41.5 Å². The first-order valence-corrected chi connectivity index (χ1v) is 8.38. The molecule has 0 aliphatic heterocycles. The summed E-state index contributed by atoms with van der Waals surface area (Å²) in [6.07, 6.45) is 1.86. The maximum Gasteiger partial charge on any atom is 0.335 e. The molecule has 0 bridgehead atoms. The first-order chi connectivity index (χ1) is 12.0. The zero-order valence-electron chi connectivity index (χ0n) is 14.2. The second-order valence-electron chi connectivity index (χ2n) is 6.86. The Morgan fingerprint density at radius 2 is 1.72 bits per heavy atom. The zero-order valence-corrected chi connectivity index (χ0v) is 14.2. The van der Waals surface area contributed by atoms with Gasteiger partial charge in [-0.1, -0.05) is 49.4 Å². The molecule has 3 rings (SSSR count). The Labute approximate surface area is 147 Å². The van der Waals surface area contributed by atoms with Crippen molar-refractivity contribution in [2.24, 2.45) is 0 Å². The van der Waals surface area contributed by atoms with Crippen LogP contribution in [-0.4, -0.2) is 23.1 Å². The van der Waals surface area contributed by atoms with E-state index in [9.17, 15) is 9.59 Å². The van der Waals surface area contributed by atoms with Crippen LogP contribution in [0.5, 0.6) is 0 Å². The first-order valence-electron chi connectivity index (χ1n) is 8.38. The molecular weight excluding hydrogens is 316 g/mol. The molecule has 1 aliphatic carbocycles. The van der Waals surface area contributed by atoms with Gasteiger partial charge in [-0.25, -0.2) is 9.59 Å². The molecule has 0 spiro atoms. The summed E-state index contributed by atoms with van der Waals surface area (Å²) in [6, 6.07) is 16.9. The summed E-state index contributed by atoms with van der Waals surface area (Å²) < 4.78 is 0. The highest BCUT2D eigenvalue weighted by Crippen LogP contribution is 2.43. The number of hydrogen-bond donors (Lipinski definition) is 3. The highest BCUT2D eigenvalue weighted by Gasteiger charge is 2.41. The Kier molecular flexibility index (Phi) is 4.74. The molecule has 0 atom stereocenters. The zero-order chi connectivity index (χ0) is 17.9. The van der Waals surface area contributed by atoms with Gasteiger partial charge in [0.25, 0.3) is 0 Å². The van der Waals surface area contributed by atoms with Crippen molar-refractivity contribution in [3.05, 3.63) is 71.3 Å². The molecule has 1 fully saturated rings. The Bertz CT molecular complexity index is 750. The molecular formula is C20H22N2O3. The molecule has 2 aromatic carbocycles. The average Bonchev–Trinajstić information content (AvgIpc) is 2.59. The fraction of sp³-hybridized carbons (Fsp3) is 0.300. The average molecular weight is 338 g/mol. The Balaban J connectivity index is 1.44. The van der Waals surface area contributed by atoms with Crippen molar-refractivity contribution in [1.82, 2.24) is 10.6 Å². The van der Waals surface area contributed by atoms with Crippen molar-refractivity contribution < 1.29 is 14.7 Å². The van der Waals surface area contributed by atoms with Gasteiger partial charge in [-0.15, -0.1) is 0 Å². The number of carboxylic acid groups (broad SMARTS) is 1. The lowest BCUT2D eigenvalue weighted by atomic mass is 9.63. The lowest BCUT2D eigenvalue weighted by molar-refractivity contribution is 0.0697. The summed E-state index contributed by atoms with van der Waals surface area (Å²) in [5.74, 6) is -0.955. The Morgan fingerprint density at radius 3 is 2.32 bits per heavy atom. The minimum Gasteiger partial charge on any atom is -0.478 e. The number of carbonyl (C=O) groups excluding carboxylic acids is 1. The van der Waals surface area contributed by atoms with E-state index >= 15 is 0 Å². The number of hydrogen-bond acceptors (Lipinski definition) is 2. The standard InChI is InChI=1S/C20H22N2O3/c1-20(16-5-3-2-4-6-16)11-17(12-20)22-19(25)21-13-14-7-9-15(10-8-14)18(23)24/h2-10,17H,11-13H2,1H3,(H,23,24)(H2,21,22,25). The lowest BCUT2D eigenvalue weighted by Crippen LogP contribution is -2.53. The summed E-state index contributed by atoms with van der Waals surface area (Å²) in [6.45, 7) is 2.59. The number of benzene rings is 2. The van der Waals surface area contributed by atoms with Gasteiger partial charge in [0.1, 0.15) is 0 Å². The normalized spacial score (nSPS) is 21.9. The Morgan fingerprint density at radius 1 is 1.08 bits per heavy atom. The van der Waals surface area contributed by atoms with E-state index in [1.807, 2.05) is 18.2 Å². The number of amides is 2. The summed E-state index contributed by atoms with van der Waals surface area (Å²) >= 11 is 0. The van der Waals surface area contributed by atoms with Crippen molar-refractivity contribution in [2.45, 2.75) is 37.8 Å². The minimum absolute atomic E-state index is 0.131.